The summed E-state index contributed by atoms with van der Waals surface area (Å²) in [5.41, 5.74) is 0. The number of hydrogen-bond acceptors (Lipinski definition) is 5. The Morgan fingerprint density at radius 1 is 0.700 bits per heavy atom. The van der Waals surface area contributed by atoms with E-state index in [4.69, 9.17) is 0 Å². The highest BCUT2D eigenvalue weighted by Gasteiger charge is 2.73. The van der Waals surface area contributed by atoms with E-state index < -0.39 is 47.0 Å². The van der Waals surface area contributed by atoms with Gasteiger partial charge in [-0.15, -0.1) is 0 Å². The molecule has 0 radical (unpaired) electrons. The molecule has 6 nitrogen and oxygen atoms in total. The molecule has 1 aliphatic rings. The van der Waals surface area contributed by atoms with E-state index in [2.05, 4.69) is 11.8 Å². The van der Waals surface area contributed by atoms with Gasteiger partial charge in [0.1, 0.15) is 0 Å². The molecule has 0 spiro atoms. The summed E-state index contributed by atoms with van der Waals surface area (Å²) in [7, 11) is -15.0. The molecule has 0 bridgehead atoms. The van der Waals surface area contributed by atoms with Crippen LogP contribution in [0.25, 0.3) is 0 Å². The van der Waals surface area contributed by atoms with Gasteiger partial charge in [0.15, 0.2) is 0 Å². The van der Waals surface area contributed by atoms with Crippen LogP contribution in [0.5, 0.6) is 0 Å². The van der Waals surface area contributed by atoms with Gasteiger partial charge in [0.25, 0.3) is 20.0 Å². The zero-order chi connectivity index (χ0) is 24.2. The van der Waals surface area contributed by atoms with Crippen LogP contribution in [0.3, 0.4) is 0 Å². The maximum absolute atomic E-state index is 12.4. The summed E-state index contributed by atoms with van der Waals surface area (Å²) < 4.78 is 160. The SMILES string of the molecule is CCCN1CCCCC1.O=S(=O)(NS(=O)(=O)C(F)(F)C(F)(F)F)C(F)(F)C(F)(F)F. The number of piperidine rings is 1. The maximum Gasteiger partial charge on any atom is 0.471 e. The average Bonchev–Trinajstić information content (AvgIpc) is 2.53. The molecule has 0 amide bonds. The van der Waals surface area contributed by atoms with Gasteiger partial charge in [0.05, 0.1) is 0 Å². The lowest BCUT2D eigenvalue weighted by molar-refractivity contribution is -0.242. The summed E-state index contributed by atoms with van der Waals surface area (Å²) in [4.78, 5) is 2.57. The lowest BCUT2D eigenvalue weighted by Gasteiger charge is -2.25. The minimum absolute atomic E-state index is 0.969. The van der Waals surface area contributed by atoms with Crippen LogP contribution in [0.2, 0.25) is 0 Å². The van der Waals surface area contributed by atoms with Gasteiger partial charge in [-0.1, -0.05) is 17.5 Å². The lowest BCUT2D eigenvalue weighted by atomic mass is 10.1. The fraction of sp³-hybridized carbons (Fsp3) is 1.00. The Balaban J connectivity index is 0.000000769. The topological polar surface area (TPSA) is 83.6 Å². The molecule has 1 rings (SSSR count). The molecular formula is C12H18F10N2O4S2. The van der Waals surface area contributed by atoms with E-state index in [0.717, 1.165) is 0 Å². The second-order valence-electron chi connectivity index (χ2n) is 6.02. The van der Waals surface area contributed by atoms with E-state index in [0.29, 0.717) is 0 Å². The van der Waals surface area contributed by atoms with E-state index >= 15 is 0 Å². The van der Waals surface area contributed by atoms with Crippen LogP contribution in [0, 0.1) is 0 Å². The largest absolute Gasteiger partial charge is 0.471 e. The van der Waals surface area contributed by atoms with Crippen molar-refractivity contribution in [2.24, 2.45) is 0 Å². The first-order valence-corrected chi connectivity index (χ1v) is 11.0. The Hall–Kier alpha value is -0.880. The third-order valence-electron chi connectivity index (χ3n) is 3.54. The molecule has 0 atom stereocenters. The van der Waals surface area contributed by atoms with Crippen molar-refractivity contribution in [3.63, 3.8) is 0 Å². The molecule has 0 unspecified atom stereocenters. The first kappa shape index (κ1) is 29.1. The fourth-order valence-electron chi connectivity index (χ4n) is 2.05. The Morgan fingerprint density at radius 3 is 1.30 bits per heavy atom. The van der Waals surface area contributed by atoms with Crippen LogP contribution >= 0.6 is 0 Å². The number of halogens is 10. The molecule has 0 aromatic heterocycles. The van der Waals surface area contributed by atoms with Gasteiger partial charge in [0, 0.05) is 0 Å². The minimum Gasteiger partial charge on any atom is -0.303 e. The quantitative estimate of drug-likeness (QED) is 0.556. The van der Waals surface area contributed by atoms with E-state index in [1.54, 1.807) is 0 Å². The zero-order valence-electron chi connectivity index (χ0n) is 15.1. The van der Waals surface area contributed by atoms with E-state index in [9.17, 15) is 60.7 Å². The summed E-state index contributed by atoms with van der Waals surface area (Å²) in [6.45, 7) is 6.29. The predicted molar refractivity (Wildman–Crippen MR) is 83.6 cm³/mol. The molecule has 1 fully saturated rings. The Kier molecular flexibility index (Phi) is 9.44. The van der Waals surface area contributed by atoms with Gasteiger partial charge in [-0.25, -0.2) is 16.8 Å². The van der Waals surface area contributed by atoms with Gasteiger partial charge < -0.3 is 4.90 Å². The van der Waals surface area contributed by atoms with Crippen molar-refractivity contribution in [3.8, 4) is 0 Å². The van der Waals surface area contributed by atoms with Crippen LogP contribution in [-0.2, 0) is 20.0 Å². The smallest absolute Gasteiger partial charge is 0.303 e. The molecule has 30 heavy (non-hydrogen) atoms. The van der Waals surface area contributed by atoms with Crippen LogP contribution < -0.4 is 4.13 Å². The fourth-order valence-corrected chi connectivity index (χ4v) is 4.66. The van der Waals surface area contributed by atoms with Crippen molar-refractivity contribution in [2.75, 3.05) is 19.6 Å². The number of sulfonamides is 2. The van der Waals surface area contributed by atoms with Crippen molar-refractivity contribution in [3.05, 3.63) is 0 Å². The Bertz CT molecular complexity index is 700. The number of hydrogen-bond donors (Lipinski definition) is 1. The van der Waals surface area contributed by atoms with Gasteiger partial charge >= 0.3 is 22.9 Å². The van der Waals surface area contributed by atoms with Crippen molar-refractivity contribution in [1.29, 1.82) is 0 Å². The van der Waals surface area contributed by atoms with Crippen LogP contribution in [0.4, 0.5) is 43.9 Å². The number of rotatable bonds is 6. The van der Waals surface area contributed by atoms with Crippen LogP contribution in [-0.4, -0.2) is 64.2 Å². The first-order chi connectivity index (χ1) is 13.1. The van der Waals surface area contributed by atoms with Gasteiger partial charge in [-0.3, -0.25) is 0 Å². The summed E-state index contributed by atoms with van der Waals surface area (Å²) in [5.74, 6) is 0. The summed E-state index contributed by atoms with van der Waals surface area (Å²) in [6.07, 6.45) is -8.30. The highest BCUT2D eigenvalue weighted by molar-refractivity contribution is 8.05. The molecule has 1 aliphatic heterocycles. The molecule has 18 heteroatoms. The highest BCUT2D eigenvalue weighted by Crippen LogP contribution is 2.43. The molecule has 0 aromatic carbocycles. The average molecular weight is 508 g/mol. The van der Waals surface area contributed by atoms with Gasteiger partial charge in [-0.2, -0.15) is 43.9 Å². The van der Waals surface area contributed by atoms with Crippen LogP contribution in [0.15, 0.2) is 0 Å². The molecule has 0 aromatic rings. The third kappa shape index (κ3) is 6.81. The summed E-state index contributed by atoms with van der Waals surface area (Å²) in [6, 6.07) is 0. The standard InChI is InChI=1S/C8H17N.C4HF10NO4S2/c1-2-6-9-7-4-3-5-8-9;5-1(6,7)3(11,12)20(16,17)15-21(18,19)4(13,14)2(8,9)10/h2-8H2,1H3;15H. The molecule has 0 saturated carbocycles. The lowest BCUT2D eigenvalue weighted by Crippen LogP contribution is -2.57. The normalized spacial score (nSPS) is 18.0. The predicted octanol–water partition coefficient (Wildman–Crippen LogP) is 3.43. The van der Waals surface area contributed by atoms with Crippen LogP contribution in [0.1, 0.15) is 32.6 Å². The Morgan fingerprint density at radius 2 is 1.03 bits per heavy atom. The molecule has 0 aliphatic carbocycles. The number of nitrogens with zero attached hydrogens (tertiary/aromatic N) is 1. The number of nitrogens with one attached hydrogen (secondary N) is 1. The number of likely N-dealkylation sites (tertiary alicyclic amines) is 1. The summed E-state index contributed by atoms with van der Waals surface area (Å²) in [5, 5.41) is -13.9. The molecule has 1 N–H and O–H groups in total. The summed E-state index contributed by atoms with van der Waals surface area (Å²) >= 11 is 0. The molecule has 1 saturated heterocycles. The van der Waals surface area contributed by atoms with E-state index in [-0.39, 0.29) is 0 Å². The monoisotopic (exact) mass is 508 g/mol. The first-order valence-electron chi connectivity index (χ1n) is 8.03. The number of alkyl halides is 10. The van der Waals surface area contributed by atoms with E-state index in [1.807, 2.05) is 0 Å². The van der Waals surface area contributed by atoms with Crippen molar-refractivity contribution >= 4 is 20.0 Å². The zero-order valence-corrected chi connectivity index (χ0v) is 16.8. The highest BCUT2D eigenvalue weighted by atomic mass is 32.3. The molecule has 182 valence electrons. The second-order valence-corrected chi connectivity index (χ2v) is 9.73. The van der Waals surface area contributed by atoms with Crippen molar-refractivity contribution < 1.29 is 60.7 Å². The second kappa shape index (κ2) is 9.72. The van der Waals surface area contributed by atoms with Gasteiger partial charge in [-0.05, 0) is 38.9 Å². The third-order valence-corrected chi connectivity index (χ3v) is 7.11. The minimum atomic E-state index is -7.49. The van der Waals surface area contributed by atoms with E-state index in [1.165, 1.54) is 45.3 Å². The Labute approximate surface area is 165 Å². The van der Waals surface area contributed by atoms with Crippen molar-refractivity contribution in [2.45, 2.75) is 55.5 Å². The molecule has 1 heterocycles. The molecular weight excluding hydrogens is 490 g/mol. The van der Waals surface area contributed by atoms with Gasteiger partial charge in [0.2, 0.25) is 0 Å². The van der Waals surface area contributed by atoms with Crippen molar-refractivity contribution in [1.82, 2.24) is 9.03 Å². The maximum atomic E-state index is 12.4.